The quantitative estimate of drug-likeness (QED) is 0.808. The van der Waals surface area contributed by atoms with Crippen LogP contribution in [0.3, 0.4) is 0 Å². The van der Waals surface area contributed by atoms with Crippen LogP contribution in [0, 0.1) is 0 Å². The van der Waals surface area contributed by atoms with E-state index < -0.39 is 12.7 Å². The van der Waals surface area contributed by atoms with Crippen LogP contribution in [0.2, 0.25) is 0 Å². The molecule has 0 spiro atoms. The molecule has 0 amide bonds. The van der Waals surface area contributed by atoms with Crippen molar-refractivity contribution in [2.45, 2.75) is 57.0 Å². The lowest BCUT2D eigenvalue weighted by molar-refractivity contribution is -0.0498. The number of ether oxygens (including phenoxy) is 1. The summed E-state index contributed by atoms with van der Waals surface area (Å²) < 4.78 is 28.5. The SMILES string of the molecule is CC1CC(NCC(O)c2ccc(OC(F)F)cc2)CN1C1CC1. The molecule has 1 aliphatic heterocycles. The van der Waals surface area contributed by atoms with E-state index in [9.17, 15) is 13.9 Å². The maximum atomic E-state index is 12.1. The number of nitrogens with one attached hydrogen (secondary N) is 1. The lowest BCUT2D eigenvalue weighted by atomic mass is 10.1. The minimum absolute atomic E-state index is 0.105. The van der Waals surface area contributed by atoms with Gasteiger partial charge in [-0.3, -0.25) is 4.90 Å². The Morgan fingerprint density at radius 1 is 1.30 bits per heavy atom. The van der Waals surface area contributed by atoms with Gasteiger partial charge in [0.15, 0.2) is 0 Å². The number of aliphatic hydroxyl groups is 1. The summed E-state index contributed by atoms with van der Waals surface area (Å²) in [7, 11) is 0. The number of nitrogens with zero attached hydrogens (tertiary/aromatic N) is 1. The number of rotatable bonds is 7. The van der Waals surface area contributed by atoms with Crippen LogP contribution >= 0.6 is 0 Å². The van der Waals surface area contributed by atoms with E-state index in [1.165, 1.54) is 25.0 Å². The highest BCUT2D eigenvalue weighted by atomic mass is 19.3. The molecule has 3 rings (SSSR count). The number of aliphatic hydroxyl groups excluding tert-OH is 1. The van der Waals surface area contributed by atoms with E-state index in [2.05, 4.69) is 21.9 Å². The first-order valence-electron chi connectivity index (χ1n) is 8.25. The van der Waals surface area contributed by atoms with Crippen molar-refractivity contribution in [3.8, 4) is 5.75 Å². The van der Waals surface area contributed by atoms with Crippen LogP contribution < -0.4 is 10.1 Å². The molecular weight excluding hydrogens is 302 g/mol. The molecule has 1 aromatic carbocycles. The maximum absolute atomic E-state index is 12.1. The van der Waals surface area contributed by atoms with Crippen LogP contribution in [-0.2, 0) is 0 Å². The van der Waals surface area contributed by atoms with Crippen molar-refractivity contribution in [2.24, 2.45) is 0 Å². The predicted molar refractivity (Wildman–Crippen MR) is 83.6 cm³/mol. The summed E-state index contributed by atoms with van der Waals surface area (Å²) in [5.74, 6) is 0.105. The van der Waals surface area contributed by atoms with Gasteiger partial charge < -0.3 is 15.2 Å². The molecule has 0 aromatic heterocycles. The molecule has 128 valence electrons. The second kappa shape index (κ2) is 7.11. The zero-order chi connectivity index (χ0) is 16.4. The second-order valence-electron chi connectivity index (χ2n) is 6.58. The fraction of sp³-hybridized carbons (Fsp3) is 0.647. The van der Waals surface area contributed by atoms with Crippen molar-refractivity contribution in [2.75, 3.05) is 13.1 Å². The number of likely N-dealkylation sites (tertiary alicyclic amines) is 1. The van der Waals surface area contributed by atoms with Gasteiger partial charge in [-0.15, -0.1) is 0 Å². The molecule has 2 aliphatic rings. The normalized spacial score (nSPS) is 26.7. The van der Waals surface area contributed by atoms with E-state index in [4.69, 9.17) is 0 Å². The van der Waals surface area contributed by atoms with E-state index in [1.54, 1.807) is 12.1 Å². The highest BCUT2D eigenvalue weighted by Crippen LogP contribution is 2.33. The molecule has 1 aromatic rings. The van der Waals surface area contributed by atoms with Crippen molar-refractivity contribution in [3.05, 3.63) is 29.8 Å². The van der Waals surface area contributed by atoms with E-state index in [-0.39, 0.29) is 5.75 Å². The third kappa shape index (κ3) is 4.40. The third-order valence-electron chi connectivity index (χ3n) is 4.73. The van der Waals surface area contributed by atoms with Crippen molar-refractivity contribution in [3.63, 3.8) is 0 Å². The first kappa shape index (κ1) is 16.6. The Bertz CT molecular complexity index is 508. The molecule has 23 heavy (non-hydrogen) atoms. The van der Waals surface area contributed by atoms with Crippen molar-refractivity contribution >= 4 is 0 Å². The highest BCUT2D eigenvalue weighted by molar-refractivity contribution is 5.28. The monoisotopic (exact) mass is 326 g/mol. The fourth-order valence-corrected chi connectivity index (χ4v) is 3.39. The van der Waals surface area contributed by atoms with Gasteiger partial charge in [-0.05, 0) is 43.9 Å². The Morgan fingerprint density at radius 2 is 2.00 bits per heavy atom. The summed E-state index contributed by atoms with van der Waals surface area (Å²) in [5.41, 5.74) is 0.698. The average molecular weight is 326 g/mol. The molecule has 0 bridgehead atoms. The third-order valence-corrected chi connectivity index (χ3v) is 4.73. The Labute approximate surface area is 135 Å². The molecule has 0 radical (unpaired) electrons. The topological polar surface area (TPSA) is 44.7 Å². The Morgan fingerprint density at radius 3 is 2.61 bits per heavy atom. The summed E-state index contributed by atoms with van der Waals surface area (Å²) >= 11 is 0. The minimum Gasteiger partial charge on any atom is -0.435 e. The Balaban J connectivity index is 1.46. The summed E-state index contributed by atoms with van der Waals surface area (Å²) in [5, 5.41) is 13.7. The molecule has 2 N–H and O–H groups in total. The van der Waals surface area contributed by atoms with Crippen LogP contribution in [0.4, 0.5) is 8.78 Å². The molecule has 1 saturated carbocycles. The van der Waals surface area contributed by atoms with Gasteiger partial charge >= 0.3 is 6.61 Å². The number of hydrogen-bond donors (Lipinski definition) is 2. The van der Waals surface area contributed by atoms with Gasteiger partial charge in [0, 0.05) is 31.2 Å². The van der Waals surface area contributed by atoms with Crippen molar-refractivity contribution < 1.29 is 18.6 Å². The standard InChI is InChI=1S/C17H24F2N2O2/c1-11-8-13(10-21(11)14-4-5-14)20-9-16(22)12-2-6-15(7-3-12)23-17(18)19/h2-3,6-7,11,13-14,16-17,20,22H,4-5,8-10H2,1H3. The Hall–Kier alpha value is -1.24. The van der Waals surface area contributed by atoms with Gasteiger partial charge in [0.05, 0.1) is 6.10 Å². The Kier molecular flexibility index (Phi) is 5.14. The first-order chi connectivity index (χ1) is 11.0. The van der Waals surface area contributed by atoms with Gasteiger partial charge in [-0.25, -0.2) is 0 Å². The first-order valence-corrected chi connectivity index (χ1v) is 8.25. The van der Waals surface area contributed by atoms with E-state index in [0.717, 1.165) is 19.0 Å². The molecule has 2 fully saturated rings. The van der Waals surface area contributed by atoms with Crippen LogP contribution in [-0.4, -0.2) is 47.8 Å². The van der Waals surface area contributed by atoms with Crippen molar-refractivity contribution in [1.29, 1.82) is 0 Å². The van der Waals surface area contributed by atoms with Crippen LogP contribution in [0.5, 0.6) is 5.75 Å². The fourth-order valence-electron chi connectivity index (χ4n) is 3.39. The van der Waals surface area contributed by atoms with Crippen LogP contribution in [0.1, 0.15) is 37.9 Å². The molecule has 6 heteroatoms. The lowest BCUT2D eigenvalue weighted by Crippen LogP contribution is -2.36. The van der Waals surface area contributed by atoms with Gasteiger partial charge in [0.25, 0.3) is 0 Å². The van der Waals surface area contributed by atoms with Gasteiger partial charge in [-0.1, -0.05) is 12.1 Å². The summed E-state index contributed by atoms with van der Waals surface area (Å²) in [6.07, 6.45) is 3.07. The number of alkyl halides is 2. The molecule has 1 aliphatic carbocycles. The predicted octanol–water partition coefficient (Wildman–Crippen LogP) is 2.54. The van der Waals surface area contributed by atoms with E-state index in [0.29, 0.717) is 24.2 Å². The van der Waals surface area contributed by atoms with Crippen LogP contribution in [0.15, 0.2) is 24.3 Å². The maximum Gasteiger partial charge on any atom is 0.387 e. The van der Waals surface area contributed by atoms with Crippen molar-refractivity contribution in [1.82, 2.24) is 10.2 Å². The molecular formula is C17H24F2N2O2. The molecule has 3 unspecified atom stereocenters. The molecule has 1 saturated heterocycles. The van der Waals surface area contributed by atoms with E-state index >= 15 is 0 Å². The largest absolute Gasteiger partial charge is 0.435 e. The minimum atomic E-state index is -2.83. The number of hydrogen-bond acceptors (Lipinski definition) is 4. The van der Waals surface area contributed by atoms with Gasteiger partial charge in [-0.2, -0.15) is 8.78 Å². The average Bonchev–Trinajstić information content (AvgIpc) is 3.28. The van der Waals surface area contributed by atoms with Gasteiger partial charge in [0.2, 0.25) is 0 Å². The van der Waals surface area contributed by atoms with E-state index in [1.807, 2.05) is 0 Å². The summed E-state index contributed by atoms with van der Waals surface area (Å²) in [6, 6.07) is 7.93. The molecule has 4 nitrogen and oxygen atoms in total. The summed E-state index contributed by atoms with van der Waals surface area (Å²) in [4.78, 5) is 2.56. The zero-order valence-corrected chi connectivity index (χ0v) is 13.3. The number of halogens is 2. The van der Waals surface area contributed by atoms with Crippen LogP contribution in [0.25, 0.3) is 0 Å². The van der Waals surface area contributed by atoms with Gasteiger partial charge in [0.1, 0.15) is 5.75 Å². The lowest BCUT2D eigenvalue weighted by Gasteiger charge is -2.20. The molecule has 1 heterocycles. The zero-order valence-electron chi connectivity index (χ0n) is 13.3. The smallest absolute Gasteiger partial charge is 0.387 e. The number of benzene rings is 1. The summed E-state index contributed by atoms with van der Waals surface area (Å²) in [6.45, 7) is 0.939. The highest BCUT2D eigenvalue weighted by Gasteiger charge is 2.38. The molecule has 3 atom stereocenters. The second-order valence-corrected chi connectivity index (χ2v) is 6.58.